The molecule has 0 spiro atoms. The zero-order chi connectivity index (χ0) is 12.0. The van der Waals surface area contributed by atoms with E-state index in [1.807, 2.05) is 0 Å². The highest BCUT2D eigenvalue weighted by molar-refractivity contribution is 5.95. The second-order valence-electron chi connectivity index (χ2n) is 3.11. The minimum absolute atomic E-state index is 0.00446. The molecule has 0 aliphatic rings. The average Bonchev–Trinajstić information content (AvgIpc) is 2.28. The lowest BCUT2D eigenvalue weighted by Crippen LogP contribution is -2.11. The number of aliphatic carboxylic acids is 1. The smallest absolute Gasteiger partial charge is 0.339 e. The van der Waals surface area contributed by atoms with Crippen LogP contribution in [0.2, 0.25) is 0 Å². The van der Waals surface area contributed by atoms with E-state index in [9.17, 15) is 9.59 Å². The average molecular weight is 223 g/mol. The third-order valence-electron chi connectivity index (χ3n) is 1.99. The fourth-order valence-electron chi connectivity index (χ4n) is 1.23. The summed E-state index contributed by atoms with van der Waals surface area (Å²) in [5.41, 5.74) is 0.978. The summed E-state index contributed by atoms with van der Waals surface area (Å²) in [5.74, 6) is -1.33. The van der Waals surface area contributed by atoms with Crippen molar-refractivity contribution in [3.05, 3.63) is 29.8 Å². The second-order valence-corrected chi connectivity index (χ2v) is 3.11. The lowest BCUT2D eigenvalue weighted by Gasteiger charge is -2.09. The van der Waals surface area contributed by atoms with Gasteiger partial charge < -0.3 is 15.2 Å². The SMILES string of the molecule is COC(=O)c1ccccc1NCCC(=O)O. The number of methoxy groups -OCH3 is 1. The number of anilines is 1. The first-order valence-electron chi connectivity index (χ1n) is 4.78. The number of carboxylic acid groups (broad SMARTS) is 1. The molecule has 0 amide bonds. The summed E-state index contributed by atoms with van der Waals surface area (Å²) < 4.78 is 4.61. The molecule has 0 fully saturated rings. The molecule has 0 aliphatic carbocycles. The Labute approximate surface area is 93.0 Å². The summed E-state index contributed by atoms with van der Waals surface area (Å²) in [5, 5.41) is 11.4. The van der Waals surface area contributed by atoms with Crippen LogP contribution in [0.4, 0.5) is 5.69 Å². The van der Waals surface area contributed by atoms with Crippen LogP contribution in [0.5, 0.6) is 0 Å². The van der Waals surface area contributed by atoms with Gasteiger partial charge in [-0.05, 0) is 12.1 Å². The maximum atomic E-state index is 11.4. The molecule has 1 aromatic rings. The highest BCUT2D eigenvalue weighted by Gasteiger charge is 2.10. The van der Waals surface area contributed by atoms with Gasteiger partial charge in [0.25, 0.3) is 0 Å². The molecule has 0 bridgehead atoms. The highest BCUT2D eigenvalue weighted by Crippen LogP contribution is 2.15. The van der Waals surface area contributed by atoms with Gasteiger partial charge in [0.2, 0.25) is 0 Å². The Morgan fingerprint density at radius 3 is 2.69 bits per heavy atom. The number of nitrogens with one attached hydrogen (secondary N) is 1. The van der Waals surface area contributed by atoms with Gasteiger partial charge in [-0.2, -0.15) is 0 Å². The molecule has 0 saturated heterocycles. The molecule has 0 saturated carbocycles. The van der Waals surface area contributed by atoms with Gasteiger partial charge in [0.05, 0.1) is 19.1 Å². The van der Waals surface area contributed by atoms with Crippen LogP contribution in [0.25, 0.3) is 0 Å². The molecule has 1 aromatic carbocycles. The molecule has 0 aromatic heterocycles. The zero-order valence-corrected chi connectivity index (χ0v) is 8.90. The van der Waals surface area contributed by atoms with E-state index in [1.54, 1.807) is 24.3 Å². The number of hydrogen-bond donors (Lipinski definition) is 2. The first kappa shape index (κ1) is 12.0. The summed E-state index contributed by atoms with van der Waals surface area (Å²) >= 11 is 0. The summed E-state index contributed by atoms with van der Waals surface area (Å²) in [6, 6.07) is 6.80. The highest BCUT2D eigenvalue weighted by atomic mass is 16.5. The van der Waals surface area contributed by atoms with Crippen LogP contribution in [-0.4, -0.2) is 30.7 Å². The molecule has 5 heteroatoms. The second kappa shape index (κ2) is 5.75. The minimum atomic E-state index is -0.886. The molecular formula is C11H13NO4. The normalized spacial score (nSPS) is 9.56. The van der Waals surface area contributed by atoms with Crippen molar-refractivity contribution in [2.45, 2.75) is 6.42 Å². The fourth-order valence-corrected chi connectivity index (χ4v) is 1.23. The van der Waals surface area contributed by atoms with Crippen molar-refractivity contribution < 1.29 is 19.4 Å². The van der Waals surface area contributed by atoms with Crippen molar-refractivity contribution in [3.63, 3.8) is 0 Å². The van der Waals surface area contributed by atoms with Gasteiger partial charge in [0.15, 0.2) is 0 Å². The number of benzene rings is 1. The van der Waals surface area contributed by atoms with Crippen LogP contribution in [0.1, 0.15) is 16.8 Å². The standard InChI is InChI=1S/C11H13NO4/c1-16-11(15)8-4-2-3-5-9(8)12-7-6-10(13)14/h2-5,12H,6-7H2,1H3,(H,13,14). The number of ether oxygens (including phenoxy) is 1. The maximum Gasteiger partial charge on any atom is 0.339 e. The van der Waals surface area contributed by atoms with E-state index >= 15 is 0 Å². The van der Waals surface area contributed by atoms with E-state index in [-0.39, 0.29) is 13.0 Å². The van der Waals surface area contributed by atoms with Crippen LogP contribution < -0.4 is 5.32 Å². The Morgan fingerprint density at radius 2 is 2.06 bits per heavy atom. The number of carbonyl (C=O) groups excluding carboxylic acids is 1. The van der Waals surface area contributed by atoms with Gasteiger partial charge in [0.1, 0.15) is 0 Å². The molecule has 0 atom stereocenters. The van der Waals surface area contributed by atoms with E-state index in [0.29, 0.717) is 11.3 Å². The fraction of sp³-hybridized carbons (Fsp3) is 0.273. The Kier molecular flexibility index (Phi) is 4.32. The van der Waals surface area contributed by atoms with E-state index < -0.39 is 11.9 Å². The Hall–Kier alpha value is -2.04. The summed E-state index contributed by atoms with van der Waals surface area (Å²) in [6.07, 6.45) is -0.00446. The molecule has 0 radical (unpaired) electrons. The van der Waals surface area contributed by atoms with Crippen molar-refractivity contribution in [1.29, 1.82) is 0 Å². The third-order valence-corrected chi connectivity index (χ3v) is 1.99. The van der Waals surface area contributed by atoms with Crippen molar-refractivity contribution in [2.75, 3.05) is 19.0 Å². The van der Waals surface area contributed by atoms with Crippen molar-refractivity contribution in [1.82, 2.24) is 0 Å². The number of carboxylic acids is 1. The van der Waals surface area contributed by atoms with Crippen LogP contribution in [0.15, 0.2) is 24.3 Å². The molecule has 16 heavy (non-hydrogen) atoms. The predicted molar refractivity (Wildman–Crippen MR) is 58.5 cm³/mol. The summed E-state index contributed by atoms with van der Waals surface area (Å²) in [4.78, 5) is 21.7. The lowest BCUT2D eigenvalue weighted by molar-refractivity contribution is -0.136. The molecule has 2 N–H and O–H groups in total. The van der Waals surface area contributed by atoms with Crippen LogP contribution in [-0.2, 0) is 9.53 Å². The van der Waals surface area contributed by atoms with Gasteiger partial charge in [-0.1, -0.05) is 12.1 Å². The van der Waals surface area contributed by atoms with Crippen molar-refractivity contribution >= 4 is 17.6 Å². The van der Waals surface area contributed by atoms with Crippen LogP contribution >= 0.6 is 0 Å². The molecule has 86 valence electrons. The van der Waals surface area contributed by atoms with Gasteiger partial charge >= 0.3 is 11.9 Å². The van der Waals surface area contributed by atoms with Crippen LogP contribution in [0, 0.1) is 0 Å². The maximum absolute atomic E-state index is 11.4. The minimum Gasteiger partial charge on any atom is -0.481 e. The predicted octanol–water partition coefficient (Wildman–Crippen LogP) is 1.36. The Bertz CT molecular complexity index is 389. The van der Waals surface area contributed by atoms with E-state index in [2.05, 4.69) is 10.1 Å². The number of rotatable bonds is 5. The quantitative estimate of drug-likeness (QED) is 0.737. The van der Waals surface area contributed by atoms with E-state index in [0.717, 1.165) is 0 Å². The van der Waals surface area contributed by atoms with Gasteiger partial charge in [-0.15, -0.1) is 0 Å². The number of hydrogen-bond acceptors (Lipinski definition) is 4. The van der Waals surface area contributed by atoms with Gasteiger partial charge in [0, 0.05) is 12.2 Å². The third kappa shape index (κ3) is 3.27. The monoisotopic (exact) mass is 223 g/mol. The Morgan fingerprint density at radius 1 is 1.38 bits per heavy atom. The van der Waals surface area contributed by atoms with E-state index in [1.165, 1.54) is 7.11 Å². The molecule has 0 heterocycles. The molecule has 1 rings (SSSR count). The Balaban J connectivity index is 2.71. The number of para-hydroxylation sites is 1. The molecule has 0 unspecified atom stereocenters. The summed E-state index contributed by atoms with van der Waals surface area (Å²) in [6.45, 7) is 0.267. The van der Waals surface area contributed by atoms with Gasteiger partial charge in [-0.3, -0.25) is 4.79 Å². The van der Waals surface area contributed by atoms with Crippen molar-refractivity contribution in [3.8, 4) is 0 Å². The first-order valence-corrected chi connectivity index (χ1v) is 4.78. The molecule has 5 nitrogen and oxygen atoms in total. The van der Waals surface area contributed by atoms with E-state index in [4.69, 9.17) is 5.11 Å². The largest absolute Gasteiger partial charge is 0.481 e. The first-order chi connectivity index (χ1) is 7.65. The zero-order valence-electron chi connectivity index (χ0n) is 8.90. The molecule has 0 aliphatic heterocycles. The summed E-state index contributed by atoms with van der Waals surface area (Å²) in [7, 11) is 1.30. The van der Waals surface area contributed by atoms with Crippen molar-refractivity contribution in [2.24, 2.45) is 0 Å². The lowest BCUT2D eigenvalue weighted by atomic mass is 10.2. The number of esters is 1. The number of carbonyl (C=O) groups is 2. The molecular weight excluding hydrogens is 210 g/mol. The van der Waals surface area contributed by atoms with Crippen LogP contribution in [0.3, 0.4) is 0 Å². The topological polar surface area (TPSA) is 75.6 Å². The van der Waals surface area contributed by atoms with Gasteiger partial charge in [-0.25, -0.2) is 4.79 Å².